The molecule has 7 nitrogen and oxygen atoms in total. The summed E-state index contributed by atoms with van der Waals surface area (Å²) in [7, 11) is -3.64. The maximum absolute atomic E-state index is 13.4. The Kier molecular flexibility index (Phi) is 7.35. The third-order valence-corrected chi connectivity index (χ3v) is 10.7. The maximum atomic E-state index is 13.4. The van der Waals surface area contributed by atoms with Crippen molar-refractivity contribution in [3.63, 3.8) is 0 Å². The number of amides is 1. The molecular weight excluding hydrogens is 492 g/mol. The Hall–Kier alpha value is -2.46. The second kappa shape index (κ2) is 10.5. The van der Waals surface area contributed by atoms with Crippen molar-refractivity contribution in [1.29, 1.82) is 0 Å². The van der Waals surface area contributed by atoms with Crippen molar-refractivity contribution in [3.05, 3.63) is 71.9 Å². The lowest BCUT2D eigenvalue weighted by Gasteiger charge is -2.35. The first-order valence-electron chi connectivity index (χ1n) is 12.5. The monoisotopic (exact) mass is 524 g/mol. The lowest BCUT2D eigenvalue weighted by Crippen LogP contribution is -2.50. The first kappa shape index (κ1) is 25.2. The van der Waals surface area contributed by atoms with E-state index >= 15 is 0 Å². The predicted octanol–water partition coefficient (Wildman–Crippen LogP) is 3.90. The highest BCUT2D eigenvalue weighted by molar-refractivity contribution is 8.01. The number of aryl methyl sites for hydroxylation is 1. The van der Waals surface area contributed by atoms with Gasteiger partial charge in [0, 0.05) is 50.9 Å². The molecule has 190 valence electrons. The zero-order valence-electron chi connectivity index (χ0n) is 20.7. The van der Waals surface area contributed by atoms with E-state index < -0.39 is 10.0 Å². The number of sulfonamides is 1. The number of nitrogens with zero attached hydrogens (tertiary/aromatic N) is 4. The molecule has 1 amide bonds. The first-order chi connectivity index (χ1) is 17.4. The van der Waals surface area contributed by atoms with Gasteiger partial charge in [-0.25, -0.2) is 8.42 Å². The van der Waals surface area contributed by atoms with E-state index in [-0.39, 0.29) is 21.4 Å². The second-order valence-electron chi connectivity index (χ2n) is 9.35. The fourth-order valence-corrected chi connectivity index (χ4v) is 8.17. The number of piperazine rings is 1. The Balaban J connectivity index is 1.24. The summed E-state index contributed by atoms with van der Waals surface area (Å²) in [6.07, 6.45) is 2.45. The zero-order valence-corrected chi connectivity index (χ0v) is 22.3. The predicted molar refractivity (Wildman–Crippen MR) is 144 cm³/mol. The minimum atomic E-state index is -3.64. The van der Waals surface area contributed by atoms with Crippen LogP contribution in [0.25, 0.3) is 10.9 Å². The molecule has 2 aromatic carbocycles. The van der Waals surface area contributed by atoms with Gasteiger partial charge >= 0.3 is 0 Å². The van der Waals surface area contributed by atoms with Gasteiger partial charge in [0.05, 0.1) is 10.8 Å². The van der Waals surface area contributed by atoms with Crippen LogP contribution in [0.2, 0.25) is 0 Å². The first-order valence-corrected chi connectivity index (χ1v) is 14.9. The average molecular weight is 525 g/mol. The second-order valence-corrected chi connectivity index (χ2v) is 12.5. The summed E-state index contributed by atoms with van der Waals surface area (Å²) >= 11 is 1.75. The minimum Gasteiger partial charge on any atom is -0.324 e. The van der Waals surface area contributed by atoms with E-state index in [0.717, 1.165) is 18.4 Å². The van der Waals surface area contributed by atoms with Crippen molar-refractivity contribution in [2.45, 2.75) is 35.8 Å². The Labute approximate surface area is 217 Å². The summed E-state index contributed by atoms with van der Waals surface area (Å²) < 4.78 is 28.4. The van der Waals surface area contributed by atoms with Crippen LogP contribution >= 0.6 is 11.8 Å². The van der Waals surface area contributed by atoms with Crippen molar-refractivity contribution >= 4 is 38.6 Å². The number of fused-ring (bicyclic) bond motifs is 1. The van der Waals surface area contributed by atoms with Crippen molar-refractivity contribution in [2.75, 3.05) is 39.3 Å². The van der Waals surface area contributed by atoms with Gasteiger partial charge in [-0.3, -0.25) is 14.7 Å². The van der Waals surface area contributed by atoms with Crippen LogP contribution in [-0.4, -0.2) is 77.9 Å². The highest BCUT2D eigenvalue weighted by Gasteiger charge is 2.40. The molecule has 0 bridgehead atoms. The van der Waals surface area contributed by atoms with E-state index in [1.807, 2.05) is 35.2 Å². The Morgan fingerprint density at radius 2 is 1.72 bits per heavy atom. The van der Waals surface area contributed by atoms with Crippen LogP contribution in [0.5, 0.6) is 0 Å². The molecular formula is C27H32N4O3S2. The molecule has 0 saturated carbocycles. The molecule has 2 fully saturated rings. The molecule has 2 saturated heterocycles. The average Bonchev–Trinajstić information content (AvgIpc) is 3.22. The minimum absolute atomic E-state index is 0.00842. The number of carbonyl (C=O) groups is 1. The number of rotatable bonds is 7. The van der Waals surface area contributed by atoms with Gasteiger partial charge in [-0.2, -0.15) is 4.31 Å². The van der Waals surface area contributed by atoms with Crippen LogP contribution < -0.4 is 0 Å². The number of para-hydroxylation sites is 1. The number of benzene rings is 2. The summed E-state index contributed by atoms with van der Waals surface area (Å²) in [6, 6.07) is 17.3. The SMILES string of the molecule is CC[C@H]1S[C@@H](c2ccccc2C)N(CCN2CCN(S(=O)(=O)c3cccc4cccnc34)CC2)C1=O. The fourth-order valence-electron chi connectivity index (χ4n) is 5.06. The summed E-state index contributed by atoms with van der Waals surface area (Å²) in [5.74, 6) is 0.209. The molecule has 2 atom stereocenters. The Morgan fingerprint density at radius 1 is 0.972 bits per heavy atom. The molecule has 2 aliphatic rings. The van der Waals surface area contributed by atoms with E-state index in [0.29, 0.717) is 38.2 Å². The lowest BCUT2D eigenvalue weighted by atomic mass is 10.1. The molecule has 3 aromatic rings. The number of thioether (sulfide) groups is 1. The van der Waals surface area contributed by atoms with E-state index in [1.54, 1.807) is 34.4 Å². The maximum Gasteiger partial charge on any atom is 0.245 e. The Morgan fingerprint density at radius 3 is 2.47 bits per heavy atom. The molecule has 0 radical (unpaired) electrons. The lowest BCUT2D eigenvalue weighted by molar-refractivity contribution is -0.130. The molecule has 1 aromatic heterocycles. The summed E-state index contributed by atoms with van der Waals surface area (Å²) in [6.45, 7) is 7.66. The van der Waals surface area contributed by atoms with Crippen LogP contribution in [0.3, 0.4) is 0 Å². The third-order valence-electron chi connectivity index (χ3n) is 7.16. The highest BCUT2D eigenvalue weighted by Crippen LogP contribution is 2.44. The molecule has 0 N–H and O–H groups in total. The topological polar surface area (TPSA) is 73.8 Å². The van der Waals surface area contributed by atoms with E-state index in [2.05, 4.69) is 35.9 Å². The summed E-state index contributed by atoms with van der Waals surface area (Å²) in [5.41, 5.74) is 2.91. The zero-order chi connectivity index (χ0) is 25.3. The van der Waals surface area contributed by atoms with Gasteiger partial charge in [0.25, 0.3) is 0 Å². The van der Waals surface area contributed by atoms with Crippen LogP contribution in [0.15, 0.2) is 65.7 Å². The van der Waals surface area contributed by atoms with Crippen molar-refractivity contribution in [2.24, 2.45) is 0 Å². The van der Waals surface area contributed by atoms with E-state index in [9.17, 15) is 13.2 Å². The molecule has 5 rings (SSSR count). The van der Waals surface area contributed by atoms with Crippen LogP contribution in [-0.2, 0) is 14.8 Å². The van der Waals surface area contributed by atoms with Gasteiger partial charge in [0.2, 0.25) is 15.9 Å². The van der Waals surface area contributed by atoms with Gasteiger partial charge in [-0.05, 0) is 36.6 Å². The number of pyridine rings is 1. The normalized spacial score (nSPS) is 21.9. The number of aromatic nitrogens is 1. The van der Waals surface area contributed by atoms with Gasteiger partial charge < -0.3 is 4.90 Å². The number of hydrogen-bond donors (Lipinski definition) is 0. The Bertz CT molecular complexity index is 1350. The van der Waals surface area contributed by atoms with E-state index in [4.69, 9.17) is 0 Å². The van der Waals surface area contributed by atoms with Crippen molar-refractivity contribution in [3.8, 4) is 0 Å². The number of carbonyl (C=O) groups excluding carboxylic acids is 1. The van der Waals surface area contributed by atoms with Crippen molar-refractivity contribution < 1.29 is 13.2 Å². The number of hydrogen-bond acceptors (Lipinski definition) is 6. The van der Waals surface area contributed by atoms with Gasteiger partial charge in [-0.1, -0.05) is 49.4 Å². The van der Waals surface area contributed by atoms with Gasteiger partial charge in [-0.15, -0.1) is 11.8 Å². The van der Waals surface area contributed by atoms with Crippen molar-refractivity contribution in [1.82, 2.24) is 19.1 Å². The molecule has 2 aliphatic heterocycles. The standard InChI is InChI=1S/C27H32N4O3S2/c1-3-23-26(32)31(27(35-23)22-11-5-4-8-20(22)2)19-16-29-14-17-30(18-15-29)36(33,34)24-12-6-9-21-10-7-13-28-25(21)24/h4-13,23,27H,3,14-19H2,1-2H3/t23-,27+/m1/s1. The third kappa shape index (κ3) is 4.77. The smallest absolute Gasteiger partial charge is 0.245 e. The quantitative estimate of drug-likeness (QED) is 0.467. The van der Waals surface area contributed by atoms with Crippen LogP contribution in [0.4, 0.5) is 0 Å². The largest absolute Gasteiger partial charge is 0.324 e. The summed E-state index contributed by atoms with van der Waals surface area (Å²) in [5, 5.41) is 0.842. The van der Waals surface area contributed by atoms with Gasteiger partial charge in [0.15, 0.2) is 0 Å². The van der Waals surface area contributed by atoms with Crippen LogP contribution in [0.1, 0.15) is 29.8 Å². The van der Waals surface area contributed by atoms with Crippen LogP contribution in [0, 0.1) is 6.92 Å². The molecule has 0 unspecified atom stereocenters. The summed E-state index contributed by atoms with van der Waals surface area (Å²) in [4.78, 5) is 22.0. The van der Waals surface area contributed by atoms with Gasteiger partial charge in [0.1, 0.15) is 10.3 Å². The van der Waals surface area contributed by atoms with E-state index in [1.165, 1.54) is 11.1 Å². The molecule has 3 heterocycles. The molecule has 0 aliphatic carbocycles. The fraction of sp³-hybridized carbons (Fsp3) is 0.407. The molecule has 36 heavy (non-hydrogen) atoms. The molecule has 9 heteroatoms. The molecule has 0 spiro atoms. The highest BCUT2D eigenvalue weighted by atomic mass is 32.2.